The van der Waals surface area contributed by atoms with Crippen LogP contribution in [0.25, 0.3) is 0 Å². The minimum absolute atomic E-state index is 0. The average molecular weight is 313 g/mol. The van der Waals surface area contributed by atoms with Crippen LogP contribution in [0.2, 0.25) is 0 Å². The fourth-order valence-corrected chi connectivity index (χ4v) is 1.60. The van der Waals surface area contributed by atoms with Crippen molar-refractivity contribution in [1.82, 2.24) is 0 Å². The first-order valence-corrected chi connectivity index (χ1v) is 4.43. The predicted octanol–water partition coefficient (Wildman–Crippen LogP) is 2.01. The van der Waals surface area contributed by atoms with E-state index in [9.17, 15) is 0 Å². The second-order valence-electron chi connectivity index (χ2n) is 1.90. The molecule has 0 fully saturated rings. The summed E-state index contributed by atoms with van der Waals surface area (Å²) in [6, 6.07) is 10.6. The maximum absolute atomic E-state index is 2.21. The number of benzene rings is 1. The van der Waals surface area contributed by atoms with Crippen LogP contribution in [0, 0.1) is 36.9 Å². The van der Waals surface area contributed by atoms with Crippen LogP contribution in [0.15, 0.2) is 30.3 Å². The molecule has 0 bridgehead atoms. The fourth-order valence-electron chi connectivity index (χ4n) is 0.760. The summed E-state index contributed by atoms with van der Waals surface area (Å²) in [4.78, 5) is 0. The predicted molar refractivity (Wildman–Crippen MR) is 44.9 cm³/mol. The van der Waals surface area contributed by atoms with Gasteiger partial charge in [-0.05, 0) is 11.5 Å². The molecule has 0 saturated carbocycles. The van der Waals surface area contributed by atoms with Gasteiger partial charge in [0.25, 0.3) is 0 Å². The van der Waals surface area contributed by atoms with Crippen molar-refractivity contribution < 1.29 is 36.9 Å². The molecule has 0 aliphatic carbocycles. The van der Waals surface area contributed by atoms with Crippen LogP contribution in [0.5, 0.6) is 0 Å². The Bertz CT molecular complexity index is 162. The molecule has 0 aliphatic heterocycles. The third-order valence-corrected chi connectivity index (χ3v) is 2.25. The first-order chi connectivity index (χ1) is 4.43. The molecule has 2 heteroatoms. The monoisotopic (exact) mass is 313 g/mol. The molecule has 1 unspecified atom stereocenters. The van der Waals surface area contributed by atoms with Crippen LogP contribution in [-0.2, 0) is 0 Å². The van der Waals surface area contributed by atoms with Crippen LogP contribution < -0.4 is 5.30 Å². The molecule has 63 valence electrons. The van der Waals surface area contributed by atoms with Crippen LogP contribution in [0.4, 0.5) is 0 Å². The summed E-state index contributed by atoms with van der Waals surface area (Å²) < 4.78 is 0. The van der Waals surface area contributed by atoms with Gasteiger partial charge < -0.3 is 0 Å². The molecule has 1 aromatic rings. The third kappa shape index (κ3) is 3.91. The Morgan fingerprint density at radius 2 is 1.80 bits per heavy atom. The SMILES string of the molecule is CCPc1ccccc1.[Lu]. The molecular formula is C8H11LuP. The van der Waals surface area contributed by atoms with Crippen molar-refractivity contribution in [2.75, 3.05) is 6.16 Å². The Balaban J connectivity index is 0.000000810. The number of rotatable bonds is 2. The molecule has 0 amide bonds. The van der Waals surface area contributed by atoms with Gasteiger partial charge in [0.2, 0.25) is 0 Å². The fraction of sp³-hybridized carbons (Fsp3) is 0.250. The third-order valence-electron chi connectivity index (χ3n) is 1.15. The molecule has 0 heterocycles. The maximum Gasteiger partial charge on any atom is 0 e. The first-order valence-electron chi connectivity index (χ1n) is 3.22. The standard InChI is InChI=1S/C8H11P.Lu/c1-2-9-8-6-4-3-5-7-8;/h3-7,9H,2H2,1H3;. The second kappa shape index (κ2) is 6.59. The Morgan fingerprint density at radius 3 is 2.30 bits per heavy atom. The Morgan fingerprint density at radius 1 is 1.20 bits per heavy atom. The van der Waals surface area contributed by atoms with Gasteiger partial charge in [0.05, 0.1) is 0 Å². The summed E-state index contributed by atoms with van der Waals surface area (Å²) >= 11 is 0. The van der Waals surface area contributed by atoms with Crippen LogP contribution in [0.3, 0.4) is 0 Å². The van der Waals surface area contributed by atoms with E-state index in [1.54, 1.807) is 0 Å². The van der Waals surface area contributed by atoms with Gasteiger partial charge in [0.1, 0.15) is 0 Å². The topological polar surface area (TPSA) is 0 Å². The first kappa shape index (κ1) is 10.9. The molecule has 0 saturated heterocycles. The van der Waals surface area contributed by atoms with E-state index in [0.717, 1.165) is 8.58 Å². The molecule has 0 aromatic heterocycles. The zero-order chi connectivity index (χ0) is 6.53. The normalized spacial score (nSPS) is 9.70. The van der Waals surface area contributed by atoms with Crippen LogP contribution in [-0.4, -0.2) is 6.16 Å². The van der Waals surface area contributed by atoms with E-state index in [1.807, 2.05) is 0 Å². The minimum atomic E-state index is 0. The van der Waals surface area contributed by atoms with Crippen molar-refractivity contribution >= 4 is 13.9 Å². The van der Waals surface area contributed by atoms with Crippen molar-refractivity contribution in [3.8, 4) is 0 Å². The van der Waals surface area contributed by atoms with Gasteiger partial charge in [-0.1, -0.05) is 45.8 Å². The molecule has 1 radical (unpaired) electrons. The summed E-state index contributed by atoms with van der Waals surface area (Å²) in [5.74, 6) is 0. The molecule has 0 aliphatic rings. The van der Waals surface area contributed by atoms with Gasteiger partial charge in [-0.2, -0.15) is 0 Å². The van der Waals surface area contributed by atoms with E-state index in [-0.39, 0.29) is 36.9 Å². The van der Waals surface area contributed by atoms with Crippen LogP contribution >= 0.6 is 8.58 Å². The number of hydrogen-bond donors (Lipinski definition) is 0. The molecule has 0 N–H and O–H groups in total. The second-order valence-corrected chi connectivity index (χ2v) is 3.53. The molecule has 0 nitrogen and oxygen atoms in total. The summed E-state index contributed by atoms with van der Waals surface area (Å²) in [7, 11) is 0.987. The molecule has 10 heavy (non-hydrogen) atoms. The summed E-state index contributed by atoms with van der Waals surface area (Å²) in [6.45, 7) is 2.21. The quantitative estimate of drug-likeness (QED) is 0.733. The molecule has 1 rings (SSSR count). The molecule has 0 spiro atoms. The van der Waals surface area contributed by atoms with Gasteiger partial charge in [-0.3, -0.25) is 0 Å². The van der Waals surface area contributed by atoms with Gasteiger partial charge in [-0.25, -0.2) is 0 Å². The van der Waals surface area contributed by atoms with E-state index in [0.29, 0.717) is 0 Å². The van der Waals surface area contributed by atoms with Crippen molar-refractivity contribution in [1.29, 1.82) is 0 Å². The Labute approximate surface area is 93.4 Å². The van der Waals surface area contributed by atoms with E-state index >= 15 is 0 Å². The Kier molecular flexibility index (Phi) is 7.17. The summed E-state index contributed by atoms with van der Waals surface area (Å²) in [5, 5.41) is 1.47. The maximum atomic E-state index is 2.21. The van der Waals surface area contributed by atoms with Crippen molar-refractivity contribution in [3.63, 3.8) is 0 Å². The van der Waals surface area contributed by atoms with E-state index in [2.05, 4.69) is 37.3 Å². The van der Waals surface area contributed by atoms with Gasteiger partial charge in [0.15, 0.2) is 0 Å². The number of hydrogen-bond acceptors (Lipinski definition) is 0. The smallest absolute Gasteiger partial charge is 0 e. The van der Waals surface area contributed by atoms with E-state index in [4.69, 9.17) is 0 Å². The van der Waals surface area contributed by atoms with Crippen LogP contribution in [0.1, 0.15) is 6.92 Å². The van der Waals surface area contributed by atoms with E-state index in [1.165, 1.54) is 11.5 Å². The van der Waals surface area contributed by atoms with Crippen molar-refractivity contribution in [3.05, 3.63) is 30.3 Å². The summed E-state index contributed by atoms with van der Waals surface area (Å²) in [5.41, 5.74) is 0. The van der Waals surface area contributed by atoms with Gasteiger partial charge in [0, 0.05) is 36.9 Å². The summed E-state index contributed by atoms with van der Waals surface area (Å²) in [6.07, 6.45) is 1.27. The Hall–Kier alpha value is 0.884. The average Bonchev–Trinajstić information content (AvgIpc) is 1.91. The van der Waals surface area contributed by atoms with Crippen molar-refractivity contribution in [2.24, 2.45) is 0 Å². The van der Waals surface area contributed by atoms with Gasteiger partial charge in [-0.15, -0.1) is 0 Å². The molecule has 1 aromatic carbocycles. The zero-order valence-corrected chi connectivity index (χ0v) is 8.51. The van der Waals surface area contributed by atoms with Crippen molar-refractivity contribution in [2.45, 2.75) is 6.92 Å². The minimum Gasteiger partial charge on any atom is -0.0907 e. The molecule has 1 atom stereocenters. The van der Waals surface area contributed by atoms with Gasteiger partial charge >= 0.3 is 0 Å². The largest absolute Gasteiger partial charge is 0.0907 e. The van der Waals surface area contributed by atoms with E-state index < -0.39 is 0 Å². The zero-order valence-electron chi connectivity index (χ0n) is 5.85. The molecular weight excluding hydrogens is 302 g/mol.